The van der Waals surface area contributed by atoms with Crippen molar-refractivity contribution < 1.29 is 0 Å². The highest BCUT2D eigenvalue weighted by Gasteiger charge is 2.01. The zero-order valence-corrected chi connectivity index (χ0v) is 8.17. The topological polar surface area (TPSA) is 74.3 Å². The molecule has 0 aliphatic rings. The lowest BCUT2D eigenvalue weighted by atomic mass is 10.4. The van der Waals surface area contributed by atoms with Crippen LogP contribution in [0.1, 0.15) is 0 Å². The van der Waals surface area contributed by atoms with Crippen LogP contribution in [0.2, 0.25) is 0 Å². The van der Waals surface area contributed by atoms with E-state index >= 15 is 0 Å². The molecule has 0 bridgehead atoms. The molecule has 3 aromatic heterocycles. The Morgan fingerprint density at radius 2 is 1.38 bits per heavy atom. The molecular weight excluding hydrogens is 206 g/mol. The normalized spacial score (nSPS) is 10.5. The molecule has 0 radical (unpaired) electrons. The van der Waals surface area contributed by atoms with E-state index in [1.165, 1.54) is 0 Å². The SMILES string of the molecule is c1cn(-c2cncc(-n3ccnn3)c2)nn1. The average molecular weight is 213 g/mol. The van der Waals surface area contributed by atoms with E-state index in [4.69, 9.17) is 0 Å². The minimum Gasteiger partial charge on any atom is -0.260 e. The van der Waals surface area contributed by atoms with Crippen molar-refractivity contribution in [3.63, 3.8) is 0 Å². The van der Waals surface area contributed by atoms with Gasteiger partial charge in [0.05, 0.1) is 48.6 Å². The number of aromatic nitrogens is 7. The molecule has 0 fully saturated rings. The Bertz CT molecular complexity index is 520. The highest BCUT2D eigenvalue weighted by atomic mass is 15.4. The van der Waals surface area contributed by atoms with Crippen molar-refractivity contribution in [1.29, 1.82) is 0 Å². The Kier molecular flexibility index (Phi) is 1.93. The van der Waals surface area contributed by atoms with Crippen molar-refractivity contribution in [2.75, 3.05) is 0 Å². The lowest BCUT2D eigenvalue weighted by Gasteiger charge is -2.02. The van der Waals surface area contributed by atoms with Gasteiger partial charge in [-0.15, -0.1) is 10.2 Å². The summed E-state index contributed by atoms with van der Waals surface area (Å²) >= 11 is 0. The summed E-state index contributed by atoms with van der Waals surface area (Å²) in [6.45, 7) is 0. The van der Waals surface area contributed by atoms with E-state index in [0.717, 1.165) is 11.4 Å². The van der Waals surface area contributed by atoms with Gasteiger partial charge in [-0.05, 0) is 6.07 Å². The molecule has 0 saturated heterocycles. The van der Waals surface area contributed by atoms with Crippen LogP contribution >= 0.6 is 0 Å². The molecule has 0 atom stereocenters. The van der Waals surface area contributed by atoms with E-state index in [-0.39, 0.29) is 0 Å². The van der Waals surface area contributed by atoms with Crippen LogP contribution in [0.3, 0.4) is 0 Å². The molecular formula is C9H7N7. The van der Waals surface area contributed by atoms with Crippen LogP contribution in [0.25, 0.3) is 11.4 Å². The van der Waals surface area contributed by atoms with Gasteiger partial charge in [0.2, 0.25) is 0 Å². The molecule has 3 rings (SSSR count). The Morgan fingerprint density at radius 1 is 0.812 bits per heavy atom. The van der Waals surface area contributed by atoms with E-state index in [0.29, 0.717) is 0 Å². The Morgan fingerprint density at radius 3 is 1.81 bits per heavy atom. The van der Waals surface area contributed by atoms with Crippen LogP contribution in [-0.4, -0.2) is 35.0 Å². The molecule has 0 spiro atoms. The van der Waals surface area contributed by atoms with Gasteiger partial charge in [0, 0.05) is 0 Å². The van der Waals surface area contributed by atoms with Crippen LogP contribution in [0.15, 0.2) is 43.2 Å². The maximum Gasteiger partial charge on any atom is 0.0868 e. The minimum atomic E-state index is 0.825. The third kappa shape index (κ3) is 1.44. The molecule has 0 amide bonds. The predicted molar refractivity (Wildman–Crippen MR) is 54.1 cm³/mol. The number of nitrogens with zero attached hydrogens (tertiary/aromatic N) is 7. The highest BCUT2D eigenvalue weighted by Crippen LogP contribution is 2.09. The van der Waals surface area contributed by atoms with E-state index in [1.54, 1.807) is 46.5 Å². The van der Waals surface area contributed by atoms with Gasteiger partial charge in [-0.2, -0.15) is 0 Å². The molecule has 7 nitrogen and oxygen atoms in total. The van der Waals surface area contributed by atoms with Gasteiger partial charge >= 0.3 is 0 Å². The van der Waals surface area contributed by atoms with Crippen LogP contribution in [0, 0.1) is 0 Å². The van der Waals surface area contributed by atoms with Crippen LogP contribution in [0.5, 0.6) is 0 Å². The van der Waals surface area contributed by atoms with Crippen molar-refractivity contribution in [3.8, 4) is 11.4 Å². The standard InChI is InChI=1S/C9H7N7/c1-3-15(13-11-1)8-5-9(7-10-6-8)16-4-2-12-14-16/h1-7H. The van der Waals surface area contributed by atoms with Gasteiger partial charge in [0.25, 0.3) is 0 Å². The molecule has 7 heteroatoms. The Balaban J connectivity index is 2.07. The lowest BCUT2D eigenvalue weighted by Crippen LogP contribution is -2.00. The van der Waals surface area contributed by atoms with Crippen molar-refractivity contribution in [1.82, 2.24) is 35.0 Å². The Labute approximate surface area is 90.4 Å². The lowest BCUT2D eigenvalue weighted by molar-refractivity contribution is 0.779. The summed E-state index contributed by atoms with van der Waals surface area (Å²) in [5.74, 6) is 0. The molecule has 78 valence electrons. The molecule has 0 aromatic carbocycles. The molecule has 0 aliphatic heterocycles. The average Bonchev–Trinajstić information content (AvgIpc) is 3.03. The minimum absolute atomic E-state index is 0.825. The Hall–Kier alpha value is -2.57. The first-order valence-electron chi connectivity index (χ1n) is 4.62. The zero-order valence-electron chi connectivity index (χ0n) is 8.17. The number of rotatable bonds is 2. The summed E-state index contributed by atoms with van der Waals surface area (Å²) in [6.07, 6.45) is 10.1. The molecule has 0 N–H and O–H groups in total. The van der Waals surface area contributed by atoms with E-state index < -0.39 is 0 Å². The van der Waals surface area contributed by atoms with Crippen molar-refractivity contribution in [2.24, 2.45) is 0 Å². The third-order valence-electron chi connectivity index (χ3n) is 2.08. The molecule has 0 saturated carbocycles. The molecule has 3 heterocycles. The van der Waals surface area contributed by atoms with Crippen molar-refractivity contribution in [3.05, 3.63) is 43.2 Å². The molecule has 0 unspecified atom stereocenters. The summed E-state index contributed by atoms with van der Waals surface area (Å²) in [7, 11) is 0. The van der Waals surface area contributed by atoms with Gasteiger partial charge in [0.15, 0.2) is 0 Å². The maximum absolute atomic E-state index is 4.12. The number of hydrogen-bond acceptors (Lipinski definition) is 5. The van der Waals surface area contributed by atoms with E-state index in [9.17, 15) is 0 Å². The van der Waals surface area contributed by atoms with Crippen molar-refractivity contribution >= 4 is 0 Å². The smallest absolute Gasteiger partial charge is 0.0868 e. The van der Waals surface area contributed by atoms with Crippen LogP contribution in [-0.2, 0) is 0 Å². The maximum atomic E-state index is 4.12. The van der Waals surface area contributed by atoms with Crippen molar-refractivity contribution in [2.45, 2.75) is 0 Å². The summed E-state index contributed by atoms with van der Waals surface area (Å²) < 4.78 is 3.26. The molecule has 3 aromatic rings. The fraction of sp³-hybridized carbons (Fsp3) is 0. The quantitative estimate of drug-likeness (QED) is 0.609. The molecule has 0 aliphatic carbocycles. The summed E-state index contributed by atoms with van der Waals surface area (Å²) in [6, 6.07) is 1.90. The van der Waals surface area contributed by atoms with Gasteiger partial charge in [-0.1, -0.05) is 10.4 Å². The first-order valence-corrected chi connectivity index (χ1v) is 4.62. The van der Waals surface area contributed by atoms with E-state index in [1.807, 2.05) is 6.07 Å². The highest BCUT2D eigenvalue weighted by molar-refractivity contribution is 5.38. The van der Waals surface area contributed by atoms with Crippen LogP contribution < -0.4 is 0 Å². The second-order valence-electron chi connectivity index (χ2n) is 3.10. The monoisotopic (exact) mass is 213 g/mol. The summed E-state index contributed by atoms with van der Waals surface area (Å²) in [5.41, 5.74) is 1.65. The second kappa shape index (κ2) is 3.54. The fourth-order valence-electron chi connectivity index (χ4n) is 1.36. The van der Waals surface area contributed by atoms with Gasteiger partial charge in [-0.3, -0.25) is 4.98 Å². The van der Waals surface area contributed by atoms with E-state index in [2.05, 4.69) is 25.6 Å². The third-order valence-corrected chi connectivity index (χ3v) is 2.08. The first kappa shape index (κ1) is 8.72. The van der Waals surface area contributed by atoms with Crippen LogP contribution in [0.4, 0.5) is 0 Å². The summed E-state index contributed by atoms with van der Waals surface area (Å²) in [5, 5.41) is 15.3. The van der Waals surface area contributed by atoms with Gasteiger partial charge < -0.3 is 0 Å². The first-order chi connectivity index (χ1) is 7.93. The van der Waals surface area contributed by atoms with Gasteiger partial charge in [0.1, 0.15) is 0 Å². The summed E-state index contributed by atoms with van der Waals surface area (Å²) in [4.78, 5) is 4.12. The second-order valence-corrected chi connectivity index (χ2v) is 3.10. The molecule has 16 heavy (non-hydrogen) atoms. The zero-order chi connectivity index (χ0) is 10.8. The number of pyridine rings is 1. The number of hydrogen-bond donors (Lipinski definition) is 0. The van der Waals surface area contributed by atoms with Gasteiger partial charge in [-0.25, -0.2) is 9.36 Å². The fourth-order valence-corrected chi connectivity index (χ4v) is 1.36. The predicted octanol–water partition coefficient (Wildman–Crippen LogP) is 0.243. The largest absolute Gasteiger partial charge is 0.260 e.